The van der Waals surface area contributed by atoms with Gasteiger partial charge in [0.25, 0.3) is 5.91 Å². The Bertz CT molecular complexity index is 1610. The first-order valence-corrected chi connectivity index (χ1v) is 15.7. The summed E-state index contributed by atoms with van der Waals surface area (Å²) in [5, 5.41) is 9.32. The lowest BCUT2D eigenvalue weighted by Crippen LogP contribution is -2.40. The molecule has 1 amide bonds. The third kappa shape index (κ3) is 7.50. The second kappa shape index (κ2) is 13.6. The molecule has 1 N–H and O–H groups in total. The molecule has 16 heteroatoms. The van der Waals surface area contributed by atoms with E-state index >= 15 is 0 Å². The van der Waals surface area contributed by atoms with Crippen LogP contribution in [0.25, 0.3) is 0 Å². The number of phenols is 1. The molecule has 2 aromatic carbocycles. The molecule has 0 radical (unpaired) electrons. The number of nitrogens with zero attached hydrogens (tertiary/aromatic N) is 3. The number of phenolic OH excluding ortho intramolecular Hbond substituents is 1. The smallest absolute Gasteiger partial charge is 0.387 e. The summed E-state index contributed by atoms with van der Waals surface area (Å²) in [4.78, 5) is 31.0. The number of pyridine rings is 1. The van der Waals surface area contributed by atoms with Crippen LogP contribution in [0.4, 0.5) is 8.78 Å². The summed E-state index contributed by atoms with van der Waals surface area (Å²) >= 11 is 13.6. The minimum Gasteiger partial charge on any atom is -0.504 e. The Labute approximate surface area is 260 Å². The predicted octanol–water partition coefficient (Wildman–Crippen LogP) is 4.99. The van der Waals surface area contributed by atoms with Crippen LogP contribution in [0.3, 0.4) is 0 Å². The van der Waals surface area contributed by atoms with E-state index in [9.17, 15) is 31.9 Å². The van der Waals surface area contributed by atoms with Crippen LogP contribution in [-0.4, -0.2) is 78.0 Å². The number of benzene rings is 2. The number of aromatic nitrogens is 1. The Balaban J connectivity index is 1.65. The van der Waals surface area contributed by atoms with E-state index < -0.39 is 51.5 Å². The van der Waals surface area contributed by atoms with Crippen LogP contribution in [0.5, 0.6) is 11.5 Å². The lowest BCUT2D eigenvalue weighted by atomic mass is 10.0. The van der Waals surface area contributed by atoms with Crippen molar-refractivity contribution in [2.45, 2.75) is 29.4 Å². The first kappa shape index (κ1) is 32.7. The van der Waals surface area contributed by atoms with E-state index in [1.54, 1.807) is 0 Å². The topological polar surface area (TPSA) is 126 Å². The highest BCUT2D eigenvalue weighted by molar-refractivity contribution is 8.02. The summed E-state index contributed by atoms with van der Waals surface area (Å²) in [6.45, 7) is -3.19. The Kier molecular flexibility index (Phi) is 10.4. The fourth-order valence-electron chi connectivity index (χ4n) is 4.24. The van der Waals surface area contributed by atoms with Crippen molar-refractivity contribution in [1.29, 1.82) is 0 Å². The van der Waals surface area contributed by atoms with Crippen molar-refractivity contribution >= 4 is 56.9 Å². The highest BCUT2D eigenvalue weighted by atomic mass is 35.5. The molecule has 0 saturated carbocycles. The van der Waals surface area contributed by atoms with Crippen molar-refractivity contribution in [3.8, 4) is 11.5 Å². The molecule has 1 saturated heterocycles. The minimum absolute atomic E-state index is 0.00818. The number of esters is 1. The Hall–Kier alpha value is -3.17. The largest absolute Gasteiger partial charge is 0.504 e. The van der Waals surface area contributed by atoms with Gasteiger partial charge in [-0.05, 0) is 41.5 Å². The van der Waals surface area contributed by atoms with Crippen molar-refractivity contribution in [3.63, 3.8) is 0 Å². The number of thioether (sulfide) groups is 1. The van der Waals surface area contributed by atoms with Gasteiger partial charge in [-0.1, -0.05) is 35.3 Å². The summed E-state index contributed by atoms with van der Waals surface area (Å²) < 4.78 is 63.8. The van der Waals surface area contributed by atoms with Crippen molar-refractivity contribution in [2.75, 3.05) is 26.4 Å². The van der Waals surface area contributed by atoms with Crippen molar-refractivity contribution in [3.05, 3.63) is 81.6 Å². The molecule has 230 valence electrons. The molecule has 1 aromatic heterocycles. The molecule has 1 fully saturated rings. The van der Waals surface area contributed by atoms with Crippen LogP contribution in [0, 0.1) is 0 Å². The van der Waals surface area contributed by atoms with Gasteiger partial charge in [-0.2, -0.15) is 13.1 Å². The minimum atomic E-state index is -4.25. The molecule has 0 spiro atoms. The van der Waals surface area contributed by atoms with Crippen LogP contribution in [0.15, 0.2) is 59.8 Å². The summed E-state index contributed by atoms with van der Waals surface area (Å²) in [5.74, 6) is -2.18. The fourth-order valence-corrected chi connectivity index (χ4v) is 7.86. The van der Waals surface area contributed by atoms with Crippen molar-refractivity contribution < 1.29 is 41.4 Å². The SMILES string of the molecule is CN(C)C(=O)c1cccc(S(=O)(=O)N2CCS[C@H]2C(=O)OC(Cc2c(Cl)cncc2Cl)c2ccc(OC(F)F)c(O)c2)c1. The van der Waals surface area contributed by atoms with E-state index in [0.29, 0.717) is 5.56 Å². The highest BCUT2D eigenvalue weighted by Gasteiger charge is 2.42. The zero-order chi connectivity index (χ0) is 31.5. The summed E-state index contributed by atoms with van der Waals surface area (Å²) in [6, 6.07) is 8.96. The number of carbonyl (C=O) groups is 2. The molecule has 0 bridgehead atoms. The molecular formula is C27H25Cl2F2N3O7S2. The van der Waals surface area contributed by atoms with Crippen molar-refractivity contribution in [2.24, 2.45) is 0 Å². The number of halogens is 4. The lowest BCUT2D eigenvalue weighted by Gasteiger charge is -2.26. The fraction of sp³-hybridized carbons (Fsp3) is 0.296. The normalized spacial score (nSPS) is 16.2. The number of sulfonamides is 1. The first-order chi connectivity index (χ1) is 20.3. The second-order valence-electron chi connectivity index (χ2n) is 9.38. The van der Waals surface area contributed by atoms with Gasteiger partial charge in [0.2, 0.25) is 10.0 Å². The summed E-state index contributed by atoms with van der Waals surface area (Å²) in [6.07, 6.45) is 1.34. The van der Waals surface area contributed by atoms with Crippen LogP contribution >= 0.6 is 35.0 Å². The molecule has 0 aliphatic carbocycles. The van der Waals surface area contributed by atoms with E-state index in [1.807, 2.05) is 0 Å². The number of aromatic hydroxyl groups is 1. The number of carbonyl (C=O) groups excluding carboxylic acids is 2. The van der Waals surface area contributed by atoms with Gasteiger partial charge in [-0.15, -0.1) is 11.8 Å². The number of amides is 1. The zero-order valence-electron chi connectivity index (χ0n) is 22.6. The van der Waals surface area contributed by atoms with Crippen LogP contribution in [0.1, 0.15) is 27.6 Å². The van der Waals surface area contributed by atoms with Gasteiger partial charge < -0.3 is 19.5 Å². The number of ether oxygens (including phenoxy) is 2. The maximum Gasteiger partial charge on any atom is 0.387 e. The molecule has 2 atom stereocenters. The number of alkyl halides is 2. The maximum atomic E-state index is 13.6. The number of rotatable bonds is 10. The molecular weight excluding hydrogens is 651 g/mol. The molecule has 1 aliphatic heterocycles. The Morgan fingerprint density at radius 2 is 1.86 bits per heavy atom. The third-order valence-corrected chi connectivity index (χ3v) is 10.1. The van der Waals surface area contributed by atoms with E-state index in [-0.39, 0.29) is 44.8 Å². The van der Waals surface area contributed by atoms with E-state index in [2.05, 4.69) is 9.72 Å². The first-order valence-electron chi connectivity index (χ1n) is 12.5. The third-order valence-electron chi connectivity index (χ3n) is 6.32. The lowest BCUT2D eigenvalue weighted by molar-refractivity contribution is -0.150. The van der Waals surface area contributed by atoms with Crippen molar-refractivity contribution in [1.82, 2.24) is 14.2 Å². The number of hydrogen-bond acceptors (Lipinski definition) is 9. The molecule has 2 heterocycles. The maximum absolute atomic E-state index is 13.6. The van der Waals surface area contributed by atoms with Crippen LogP contribution in [-0.2, 0) is 26.0 Å². The van der Waals surface area contributed by atoms with Gasteiger partial charge in [-0.3, -0.25) is 9.78 Å². The van der Waals surface area contributed by atoms with Gasteiger partial charge in [0.15, 0.2) is 16.9 Å². The zero-order valence-corrected chi connectivity index (χ0v) is 25.8. The molecule has 1 unspecified atom stereocenters. The van der Waals surface area contributed by atoms with Crippen LogP contribution < -0.4 is 4.74 Å². The van der Waals surface area contributed by atoms with E-state index in [0.717, 1.165) is 28.2 Å². The molecule has 43 heavy (non-hydrogen) atoms. The van der Waals surface area contributed by atoms with E-state index in [4.69, 9.17) is 27.9 Å². The quantitative estimate of drug-likeness (QED) is 0.296. The van der Waals surface area contributed by atoms with Crippen LogP contribution in [0.2, 0.25) is 10.0 Å². The Morgan fingerprint density at radius 3 is 2.49 bits per heavy atom. The van der Waals surface area contributed by atoms with Gasteiger partial charge in [0, 0.05) is 50.8 Å². The Morgan fingerprint density at radius 1 is 1.16 bits per heavy atom. The van der Waals surface area contributed by atoms with Gasteiger partial charge >= 0.3 is 12.6 Å². The average molecular weight is 677 g/mol. The molecule has 3 aromatic rings. The van der Waals surface area contributed by atoms with Gasteiger partial charge in [0.1, 0.15) is 6.10 Å². The average Bonchev–Trinajstić information content (AvgIpc) is 3.46. The molecule has 1 aliphatic rings. The summed E-state index contributed by atoms with van der Waals surface area (Å²) in [7, 11) is -1.18. The molecule has 10 nitrogen and oxygen atoms in total. The number of hydrogen-bond donors (Lipinski definition) is 1. The second-order valence-corrected chi connectivity index (χ2v) is 13.3. The van der Waals surface area contributed by atoms with Gasteiger partial charge in [0.05, 0.1) is 14.9 Å². The highest BCUT2D eigenvalue weighted by Crippen LogP contribution is 2.37. The standard InChI is InChI=1S/C27H25Cl2F2N3O7S2/c1-33(2)24(36)16-4-3-5-17(10-16)43(38,39)34-8-9-42-25(34)26(37)40-23(12-18-19(28)13-32-14-20(18)29)15-6-7-22(21(35)11-15)41-27(30)31/h3-7,10-11,13-14,23,25,27,35H,8-9,12H2,1-2H3/t23?,25-/m0/s1. The summed E-state index contributed by atoms with van der Waals surface area (Å²) in [5.41, 5.74) is 0.667. The monoisotopic (exact) mass is 675 g/mol. The molecule has 4 rings (SSSR count). The predicted molar refractivity (Wildman–Crippen MR) is 156 cm³/mol. The van der Waals surface area contributed by atoms with E-state index in [1.165, 1.54) is 61.7 Å². The van der Waals surface area contributed by atoms with Gasteiger partial charge in [-0.25, -0.2) is 13.2 Å².